The van der Waals surface area contributed by atoms with Crippen molar-refractivity contribution in [1.29, 1.82) is 0 Å². The van der Waals surface area contributed by atoms with Crippen molar-refractivity contribution in [2.75, 3.05) is 19.0 Å². The number of amides is 3. The van der Waals surface area contributed by atoms with Crippen LogP contribution in [0.4, 0.5) is 10.5 Å². The number of fused-ring (bicyclic) bond motifs is 1. The number of aryl methyl sites for hydroxylation is 1. The van der Waals surface area contributed by atoms with Crippen molar-refractivity contribution in [2.24, 2.45) is 0 Å². The number of aromatic amines is 1. The first-order valence-electron chi connectivity index (χ1n) is 9.33. The topological polar surface area (TPSA) is 139 Å². The maximum absolute atomic E-state index is 12.0. The average Bonchev–Trinajstić information content (AvgIpc) is 2.77. The van der Waals surface area contributed by atoms with E-state index in [4.69, 9.17) is 9.47 Å². The minimum absolute atomic E-state index is 0.0907. The Labute approximate surface area is 176 Å². The van der Waals surface area contributed by atoms with E-state index in [1.165, 1.54) is 7.11 Å². The number of methoxy groups -OCH3 is 1. The number of carbonyl (C=O) groups excluding carboxylic acids is 3. The summed E-state index contributed by atoms with van der Waals surface area (Å²) < 4.78 is 9.87. The number of hydrogen-bond acceptors (Lipinski definition) is 7. The summed E-state index contributed by atoms with van der Waals surface area (Å²) in [6, 6.07) is 12.6. The van der Waals surface area contributed by atoms with Gasteiger partial charge in [-0.1, -0.05) is 12.1 Å². The zero-order chi connectivity index (χ0) is 22.2. The van der Waals surface area contributed by atoms with Gasteiger partial charge in [-0.15, -0.1) is 0 Å². The second kappa shape index (κ2) is 10.0. The molecule has 0 atom stereocenters. The molecular formula is C21H20N4O6. The molecule has 0 aliphatic heterocycles. The molecule has 2 aromatic carbocycles. The summed E-state index contributed by atoms with van der Waals surface area (Å²) in [6.45, 7) is -0.615. The highest BCUT2D eigenvalue weighted by atomic mass is 16.5. The Balaban J connectivity index is 1.42. The van der Waals surface area contributed by atoms with Crippen LogP contribution in [-0.4, -0.2) is 41.6 Å². The van der Waals surface area contributed by atoms with Crippen molar-refractivity contribution in [1.82, 2.24) is 15.3 Å². The Morgan fingerprint density at radius 1 is 1.06 bits per heavy atom. The van der Waals surface area contributed by atoms with Crippen LogP contribution >= 0.6 is 0 Å². The zero-order valence-electron chi connectivity index (χ0n) is 16.6. The van der Waals surface area contributed by atoms with Crippen molar-refractivity contribution in [3.63, 3.8) is 0 Å². The van der Waals surface area contributed by atoms with Crippen LogP contribution in [0, 0.1) is 0 Å². The van der Waals surface area contributed by atoms with Gasteiger partial charge in [-0.05, 0) is 36.4 Å². The zero-order valence-corrected chi connectivity index (χ0v) is 16.6. The SMILES string of the molecule is COc1ccc(NC(=O)NC(=O)COC(=O)CCc2nc3ccccc3c(=O)[nH]2)cc1. The van der Waals surface area contributed by atoms with Crippen LogP contribution in [0.3, 0.4) is 0 Å². The highest BCUT2D eigenvalue weighted by Gasteiger charge is 2.12. The highest BCUT2D eigenvalue weighted by molar-refractivity contribution is 6.01. The lowest BCUT2D eigenvalue weighted by molar-refractivity contribution is -0.148. The maximum atomic E-state index is 12.0. The molecule has 3 N–H and O–H groups in total. The molecule has 10 nitrogen and oxygen atoms in total. The summed E-state index contributed by atoms with van der Waals surface area (Å²) in [4.78, 5) is 54.4. The van der Waals surface area contributed by atoms with E-state index in [0.717, 1.165) is 0 Å². The van der Waals surface area contributed by atoms with Crippen molar-refractivity contribution >= 4 is 34.5 Å². The summed E-state index contributed by atoms with van der Waals surface area (Å²) in [7, 11) is 1.52. The second-order valence-corrected chi connectivity index (χ2v) is 6.42. The molecule has 3 amide bonds. The van der Waals surface area contributed by atoms with Crippen LogP contribution in [0.1, 0.15) is 12.2 Å². The van der Waals surface area contributed by atoms with E-state index in [0.29, 0.717) is 28.2 Å². The molecule has 0 fully saturated rings. The van der Waals surface area contributed by atoms with Crippen LogP contribution in [0.25, 0.3) is 10.9 Å². The molecule has 0 saturated heterocycles. The standard InChI is InChI=1S/C21H20N4O6/c1-30-14-8-6-13(7-9-14)22-21(29)25-18(26)12-31-19(27)11-10-17-23-16-5-3-2-4-15(16)20(28)24-17/h2-9H,10-12H2,1H3,(H,23,24,28)(H2,22,25,26,29). The lowest BCUT2D eigenvalue weighted by atomic mass is 10.2. The highest BCUT2D eigenvalue weighted by Crippen LogP contribution is 2.14. The predicted octanol–water partition coefficient (Wildman–Crippen LogP) is 1.76. The number of anilines is 1. The van der Waals surface area contributed by atoms with E-state index < -0.39 is 24.5 Å². The number of benzene rings is 2. The fourth-order valence-corrected chi connectivity index (χ4v) is 2.69. The number of aromatic nitrogens is 2. The molecule has 0 saturated carbocycles. The number of para-hydroxylation sites is 1. The van der Waals surface area contributed by atoms with Gasteiger partial charge in [0.25, 0.3) is 11.5 Å². The van der Waals surface area contributed by atoms with Crippen LogP contribution in [-0.2, 0) is 20.7 Å². The Bertz CT molecular complexity index is 1160. The first-order chi connectivity index (χ1) is 14.9. The van der Waals surface area contributed by atoms with Gasteiger partial charge >= 0.3 is 12.0 Å². The Morgan fingerprint density at radius 3 is 2.55 bits per heavy atom. The lowest BCUT2D eigenvalue weighted by Crippen LogP contribution is -2.37. The number of rotatable bonds is 7. The third kappa shape index (κ3) is 6.13. The van der Waals surface area contributed by atoms with Gasteiger partial charge in [0, 0.05) is 12.1 Å². The molecule has 1 heterocycles. The number of imide groups is 1. The summed E-state index contributed by atoms with van der Waals surface area (Å²) in [5.74, 6) is -0.487. The quantitative estimate of drug-likeness (QED) is 0.491. The van der Waals surface area contributed by atoms with Gasteiger partial charge < -0.3 is 19.8 Å². The Morgan fingerprint density at radius 2 is 1.81 bits per heavy atom. The molecule has 0 bridgehead atoms. The first kappa shape index (κ1) is 21.5. The van der Waals surface area contributed by atoms with Crippen LogP contribution in [0.15, 0.2) is 53.3 Å². The number of nitrogens with one attached hydrogen (secondary N) is 3. The van der Waals surface area contributed by atoms with Crippen molar-refractivity contribution in [2.45, 2.75) is 12.8 Å². The van der Waals surface area contributed by atoms with Gasteiger partial charge in [0.1, 0.15) is 11.6 Å². The number of ether oxygens (including phenoxy) is 2. The van der Waals surface area contributed by atoms with Gasteiger partial charge in [0.15, 0.2) is 6.61 Å². The van der Waals surface area contributed by atoms with E-state index in [1.54, 1.807) is 48.5 Å². The number of nitrogens with zero attached hydrogens (tertiary/aromatic N) is 1. The minimum Gasteiger partial charge on any atom is -0.497 e. The second-order valence-electron chi connectivity index (χ2n) is 6.42. The van der Waals surface area contributed by atoms with Crippen molar-refractivity contribution < 1.29 is 23.9 Å². The van der Waals surface area contributed by atoms with E-state index in [-0.39, 0.29) is 18.4 Å². The molecule has 0 spiro atoms. The van der Waals surface area contributed by atoms with Crippen molar-refractivity contribution in [3.8, 4) is 5.75 Å². The number of urea groups is 1. The molecule has 1 aromatic heterocycles. The number of hydrogen-bond donors (Lipinski definition) is 3. The summed E-state index contributed by atoms with van der Waals surface area (Å²) in [5.41, 5.74) is 0.688. The monoisotopic (exact) mass is 424 g/mol. The fourth-order valence-electron chi connectivity index (χ4n) is 2.69. The van der Waals surface area contributed by atoms with E-state index in [9.17, 15) is 19.2 Å². The first-order valence-corrected chi connectivity index (χ1v) is 9.33. The molecule has 0 aliphatic carbocycles. The minimum atomic E-state index is -0.781. The van der Waals surface area contributed by atoms with Gasteiger partial charge in [0.05, 0.1) is 24.4 Å². The number of H-pyrrole nitrogens is 1. The van der Waals surface area contributed by atoms with Crippen LogP contribution < -0.4 is 20.9 Å². The van der Waals surface area contributed by atoms with Crippen LogP contribution in [0.2, 0.25) is 0 Å². The molecule has 0 radical (unpaired) electrons. The summed E-state index contributed by atoms with van der Waals surface area (Å²) in [5, 5.41) is 4.98. The summed E-state index contributed by atoms with van der Waals surface area (Å²) in [6.07, 6.45) is 0.0467. The average molecular weight is 424 g/mol. The van der Waals surface area contributed by atoms with E-state index in [1.807, 2.05) is 0 Å². The molecule has 3 aromatic rings. The van der Waals surface area contributed by atoms with Gasteiger partial charge in [-0.25, -0.2) is 9.78 Å². The third-order valence-corrected chi connectivity index (χ3v) is 4.19. The number of esters is 1. The third-order valence-electron chi connectivity index (χ3n) is 4.19. The van der Waals surface area contributed by atoms with Gasteiger partial charge in [-0.2, -0.15) is 0 Å². The molecule has 0 aliphatic rings. The smallest absolute Gasteiger partial charge is 0.325 e. The maximum Gasteiger partial charge on any atom is 0.325 e. The van der Waals surface area contributed by atoms with E-state index >= 15 is 0 Å². The Hall–Kier alpha value is -4.21. The molecule has 31 heavy (non-hydrogen) atoms. The molecule has 0 unspecified atom stereocenters. The van der Waals surface area contributed by atoms with Crippen LogP contribution in [0.5, 0.6) is 5.75 Å². The molecular weight excluding hydrogens is 404 g/mol. The van der Waals surface area contributed by atoms with Gasteiger partial charge in [0.2, 0.25) is 0 Å². The normalized spacial score (nSPS) is 10.4. The van der Waals surface area contributed by atoms with Gasteiger partial charge in [-0.3, -0.25) is 19.7 Å². The Kier molecular flexibility index (Phi) is 6.94. The molecule has 3 rings (SSSR count). The van der Waals surface area contributed by atoms with Crippen molar-refractivity contribution in [3.05, 3.63) is 64.7 Å². The predicted molar refractivity (Wildman–Crippen MR) is 112 cm³/mol. The molecule has 160 valence electrons. The lowest BCUT2D eigenvalue weighted by Gasteiger charge is -2.08. The van der Waals surface area contributed by atoms with E-state index in [2.05, 4.69) is 20.6 Å². The number of carbonyl (C=O) groups is 3. The fraction of sp³-hybridized carbons (Fsp3) is 0.190. The summed E-state index contributed by atoms with van der Waals surface area (Å²) >= 11 is 0. The largest absolute Gasteiger partial charge is 0.497 e. The molecule has 10 heteroatoms.